The summed E-state index contributed by atoms with van der Waals surface area (Å²) < 4.78 is 5.09. The smallest absolute Gasteiger partial charge is 0.243 e. The van der Waals surface area contributed by atoms with E-state index in [0.717, 1.165) is 38.5 Å². The van der Waals surface area contributed by atoms with Crippen LogP contribution in [0.1, 0.15) is 78.6 Å². The molecule has 9 heteroatoms. The summed E-state index contributed by atoms with van der Waals surface area (Å²) in [6, 6.07) is -2.19. The Morgan fingerprint density at radius 2 is 1.26 bits per heavy atom. The molecule has 0 bridgehead atoms. The lowest BCUT2D eigenvalue weighted by molar-refractivity contribution is -0.254. The predicted octanol–water partition coefficient (Wildman–Crippen LogP) is 3.91. The Labute approximate surface area is 257 Å². The van der Waals surface area contributed by atoms with Crippen LogP contribution < -0.4 is 10.6 Å². The molecule has 0 aromatic carbocycles. The second-order valence-corrected chi connectivity index (χ2v) is 11.0. The second kappa shape index (κ2) is 23.6. The Morgan fingerprint density at radius 1 is 0.767 bits per heavy atom. The molecule has 1 aliphatic heterocycles. The van der Waals surface area contributed by atoms with Crippen LogP contribution in [0.5, 0.6) is 0 Å². The largest absolute Gasteiger partial charge is 0.394 e. The normalized spacial score (nSPS) is 24.0. The monoisotopic (exact) mass is 602 g/mol. The lowest BCUT2D eigenvalue weighted by atomic mass is 9.96. The van der Waals surface area contributed by atoms with E-state index in [1.165, 1.54) is 0 Å². The molecule has 0 aromatic rings. The zero-order valence-electron chi connectivity index (χ0n) is 26.1. The average molecular weight is 603 g/mol. The van der Waals surface area contributed by atoms with Gasteiger partial charge in [0.25, 0.3) is 0 Å². The van der Waals surface area contributed by atoms with Crippen LogP contribution in [0, 0.1) is 5.92 Å². The van der Waals surface area contributed by atoms with Crippen LogP contribution in [0.25, 0.3) is 0 Å². The van der Waals surface area contributed by atoms with Gasteiger partial charge < -0.3 is 35.8 Å². The van der Waals surface area contributed by atoms with Crippen molar-refractivity contribution in [3.05, 3.63) is 72.9 Å². The van der Waals surface area contributed by atoms with E-state index in [-0.39, 0.29) is 18.2 Å². The summed E-state index contributed by atoms with van der Waals surface area (Å²) in [4.78, 5) is 25.4. The van der Waals surface area contributed by atoms with Crippen LogP contribution in [-0.2, 0) is 14.3 Å². The summed E-state index contributed by atoms with van der Waals surface area (Å²) in [7, 11) is 0. The number of amides is 2. The van der Waals surface area contributed by atoms with Crippen LogP contribution >= 0.6 is 0 Å². The molecule has 0 aromatic heterocycles. The molecule has 6 atom stereocenters. The molecule has 1 heterocycles. The highest BCUT2D eigenvalue weighted by molar-refractivity contribution is 5.87. The third-order valence-corrected chi connectivity index (χ3v) is 6.70. The second-order valence-electron chi connectivity index (χ2n) is 11.0. The number of hydrogen-bond donors (Lipinski definition) is 6. The third kappa shape index (κ3) is 17.2. The number of allylic oxidation sites excluding steroid dienone is 12. The first-order chi connectivity index (χ1) is 20.7. The fourth-order valence-corrected chi connectivity index (χ4v) is 4.34. The lowest BCUT2D eigenvalue weighted by Gasteiger charge is -2.40. The van der Waals surface area contributed by atoms with Gasteiger partial charge in [-0.15, -0.1) is 0 Å². The minimum Gasteiger partial charge on any atom is -0.394 e. The molecule has 1 rings (SSSR count). The third-order valence-electron chi connectivity index (χ3n) is 6.70. The summed E-state index contributed by atoms with van der Waals surface area (Å²) in [6.45, 7) is 5.35. The van der Waals surface area contributed by atoms with E-state index in [1.807, 2.05) is 26.0 Å². The number of aliphatic hydroxyl groups is 4. The zero-order valence-corrected chi connectivity index (χ0v) is 26.1. The summed E-state index contributed by atoms with van der Waals surface area (Å²) in [6.07, 6.45) is 26.3. The van der Waals surface area contributed by atoms with E-state index in [4.69, 9.17) is 4.74 Å². The molecule has 3 unspecified atom stereocenters. The molecular weight excluding hydrogens is 548 g/mol. The van der Waals surface area contributed by atoms with Crippen molar-refractivity contribution in [1.82, 2.24) is 10.6 Å². The number of aliphatic hydroxyl groups excluding tert-OH is 4. The Kier molecular flexibility index (Phi) is 21.0. The first-order valence-corrected chi connectivity index (χ1v) is 15.5. The highest BCUT2D eigenvalue weighted by Crippen LogP contribution is 2.20. The minimum atomic E-state index is -1.62. The number of ether oxygens (including phenoxy) is 1. The van der Waals surface area contributed by atoms with Crippen molar-refractivity contribution in [2.45, 2.75) is 115 Å². The molecule has 0 saturated carbocycles. The summed E-state index contributed by atoms with van der Waals surface area (Å²) >= 11 is 0. The molecule has 0 radical (unpaired) electrons. The van der Waals surface area contributed by atoms with Gasteiger partial charge in [0.2, 0.25) is 11.8 Å². The Hall–Kier alpha value is -2.82. The van der Waals surface area contributed by atoms with Gasteiger partial charge in [-0.25, -0.2) is 0 Å². The van der Waals surface area contributed by atoms with Gasteiger partial charge in [0.1, 0.15) is 30.4 Å². The first kappa shape index (κ1) is 38.2. The Balaban J connectivity index is 2.33. The number of carbonyl (C=O) groups is 2. The number of hydrogen-bond acceptors (Lipinski definition) is 7. The van der Waals surface area contributed by atoms with Crippen molar-refractivity contribution >= 4 is 11.8 Å². The molecule has 1 fully saturated rings. The van der Waals surface area contributed by atoms with E-state index in [0.29, 0.717) is 12.8 Å². The standard InChI is InChI=1S/C34H54N2O7/c1-4-5-6-7-8-9-10-11-12-13-14-15-16-17-18-19-20-21-22-23-29(38)35-27(24-26(2)3)33(41)36-30-32(40)31(39)28(25-37)43-34(30)42/h5-6,8-9,11-12,14-15,17-18,20-21,26-28,30-32,34,37,39-40,42H,4,7,10,13,16,19,22-25H2,1-3H3,(H,35,38)(H,36,41)/b6-5-,9-8-,12-11-,15-14-,18-17-,21-20-/t27-,28?,30?,31+,32?,34+/m0/s1. The van der Waals surface area contributed by atoms with Crippen LogP contribution in [0.3, 0.4) is 0 Å². The molecule has 0 aliphatic carbocycles. The maximum absolute atomic E-state index is 12.9. The van der Waals surface area contributed by atoms with Gasteiger partial charge in [-0.2, -0.15) is 0 Å². The van der Waals surface area contributed by atoms with Gasteiger partial charge in [0.05, 0.1) is 6.61 Å². The molecule has 9 nitrogen and oxygen atoms in total. The topological polar surface area (TPSA) is 148 Å². The van der Waals surface area contributed by atoms with Gasteiger partial charge in [-0.1, -0.05) is 93.7 Å². The van der Waals surface area contributed by atoms with E-state index >= 15 is 0 Å². The first-order valence-electron chi connectivity index (χ1n) is 15.5. The summed E-state index contributed by atoms with van der Waals surface area (Å²) in [5.41, 5.74) is 0. The fourth-order valence-electron chi connectivity index (χ4n) is 4.34. The van der Waals surface area contributed by atoms with Crippen molar-refractivity contribution in [3.63, 3.8) is 0 Å². The number of nitrogens with one attached hydrogen (secondary N) is 2. The van der Waals surface area contributed by atoms with Crippen LogP contribution in [0.4, 0.5) is 0 Å². The van der Waals surface area contributed by atoms with E-state index < -0.39 is 49.2 Å². The zero-order chi connectivity index (χ0) is 31.9. The maximum Gasteiger partial charge on any atom is 0.243 e. The van der Waals surface area contributed by atoms with Gasteiger partial charge in [0, 0.05) is 6.42 Å². The van der Waals surface area contributed by atoms with Gasteiger partial charge in [-0.05, 0) is 57.3 Å². The van der Waals surface area contributed by atoms with Crippen molar-refractivity contribution in [3.8, 4) is 0 Å². The highest BCUT2D eigenvalue weighted by atomic mass is 16.6. The Bertz CT molecular complexity index is 954. The van der Waals surface area contributed by atoms with Crippen molar-refractivity contribution in [2.75, 3.05) is 6.61 Å². The quantitative estimate of drug-likeness (QED) is 0.116. The van der Waals surface area contributed by atoms with Gasteiger partial charge >= 0.3 is 0 Å². The molecule has 43 heavy (non-hydrogen) atoms. The summed E-state index contributed by atoms with van der Waals surface area (Å²) in [5, 5.41) is 45.0. The van der Waals surface area contributed by atoms with Crippen molar-refractivity contribution in [1.29, 1.82) is 0 Å². The van der Waals surface area contributed by atoms with E-state index in [1.54, 1.807) is 0 Å². The minimum absolute atomic E-state index is 0.0845. The summed E-state index contributed by atoms with van der Waals surface area (Å²) in [5.74, 6) is -0.805. The van der Waals surface area contributed by atoms with Crippen LogP contribution in [-0.4, -0.2) is 75.5 Å². The van der Waals surface area contributed by atoms with E-state index in [9.17, 15) is 30.0 Å². The number of carbonyl (C=O) groups excluding carboxylic acids is 2. The van der Waals surface area contributed by atoms with Gasteiger partial charge in [0.15, 0.2) is 6.29 Å². The molecule has 6 N–H and O–H groups in total. The van der Waals surface area contributed by atoms with Crippen LogP contribution in [0.15, 0.2) is 72.9 Å². The SMILES string of the molecule is CC/C=C\C/C=C\C/C=C\C/C=C\C/C=C\C/C=C\CCC(=O)N[C@@H](CC(C)C)C(=O)NC1C(O)[C@H](O)C(CO)O[C@H]1O. The fraction of sp³-hybridized carbons (Fsp3) is 0.588. The van der Waals surface area contributed by atoms with Crippen LogP contribution in [0.2, 0.25) is 0 Å². The molecular formula is C34H54N2O7. The lowest BCUT2D eigenvalue weighted by Crippen LogP contribution is -2.65. The average Bonchev–Trinajstić information content (AvgIpc) is 2.97. The molecule has 0 spiro atoms. The molecule has 1 saturated heterocycles. The highest BCUT2D eigenvalue weighted by Gasteiger charge is 2.44. The maximum atomic E-state index is 12.9. The van der Waals surface area contributed by atoms with Crippen molar-refractivity contribution in [2.24, 2.45) is 5.92 Å². The Morgan fingerprint density at radius 3 is 1.72 bits per heavy atom. The molecule has 1 aliphatic rings. The number of rotatable bonds is 20. The van der Waals surface area contributed by atoms with Crippen molar-refractivity contribution < 1.29 is 34.8 Å². The predicted molar refractivity (Wildman–Crippen MR) is 171 cm³/mol. The molecule has 242 valence electrons. The van der Waals surface area contributed by atoms with Gasteiger partial charge in [-0.3, -0.25) is 9.59 Å². The molecule has 2 amide bonds. The van der Waals surface area contributed by atoms with E-state index in [2.05, 4.69) is 78.3 Å².